The minimum absolute atomic E-state index is 0.147. The molecule has 8 heteroatoms. The second kappa shape index (κ2) is 10.8. The van der Waals surface area contributed by atoms with Gasteiger partial charge in [0.2, 0.25) is 11.7 Å². The van der Waals surface area contributed by atoms with Crippen molar-refractivity contribution in [3.63, 3.8) is 0 Å². The van der Waals surface area contributed by atoms with Gasteiger partial charge in [0.25, 0.3) is 0 Å². The first-order chi connectivity index (χ1) is 14.4. The van der Waals surface area contributed by atoms with Crippen LogP contribution in [0.1, 0.15) is 12.8 Å². The number of aliphatic imine (C=N–C) groups is 2. The fourth-order valence-corrected chi connectivity index (χ4v) is 2.82. The Kier molecular flexibility index (Phi) is 8.10. The van der Waals surface area contributed by atoms with Gasteiger partial charge in [0, 0.05) is 31.8 Å². The molecule has 0 aliphatic rings. The molecular formula is C22H28N6O2. The Morgan fingerprint density at radius 2 is 2.10 bits per heavy atom. The SMILES string of the molecule is C=NCC=CC(=C)C(=NC)N(C)C(=C)N(CC)Cc1nc(-c2cccc(O)c2)no1. The molecule has 0 atom stereocenters. The number of hydrogen-bond donors (Lipinski definition) is 1. The van der Waals surface area contributed by atoms with Gasteiger partial charge in [-0.15, -0.1) is 0 Å². The molecule has 1 aromatic carbocycles. The number of aromatic hydroxyl groups is 1. The molecule has 158 valence electrons. The van der Waals surface area contributed by atoms with Crippen LogP contribution in [-0.4, -0.2) is 64.8 Å². The molecule has 2 aromatic rings. The van der Waals surface area contributed by atoms with Gasteiger partial charge in [-0.1, -0.05) is 42.6 Å². The number of phenols is 1. The number of aromatic nitrogens is 2. The third kappa shape index (κ3) is 5.66. The van der Waals surface area contributed by atoms with E-state index in [4.69, 9.17) is 4.52 Å². The molecule has 0 saturated heterocycles. The summed E-state index contributed by atoms with van der Waals surface area (Å²) in [5, 5.41) is 13.7. The Bertz CT molecular complexity index is 960. The maximum absolute atomic E-state index is 9.64. The molecule has 30 heavy (non-hydrogen) atoms. The molecule has 0 bridgehead atoms. The van der Waals surface area contributed by atoms with Crippen molar-refractivity contribution in [3.8, 4) is 17.1 Å². The van der Waals surface area contributed by atoms with Crippen molar-refractivity contribution in [3.05, 3.63) is 66.9 Å². The zero-order chi connectivity index (χ0) is 22.1. The van der Waals surface area contributed by atoms with Crippen molar-refractivity contribution in [2.75, 3.05) is 27.2 Å². The lowest BCUT2D eigenvalue weighted by Gasteiger charge is -2.32. The molecule has 1 heterocycles. The highest BCUT2D eigenvalue weighted by Gasteiger charge is 2.19. The lowest BCUT2D eigenvalue weighted by Crippen LogP contribution is -2.36. The zero-order valence-electron chi connectivity index (χ0n) is 17.7. The quantitative estimate of drug-likeness (QED) is 0.368. The lowest BCUT2D eigenvalue weighted by atomic mass is 10.2. The molecule has 0 aliphatic carbocycles. The van der Waals surface area contributed by atoms with E-state index < -0.39 is 0 Å². The molecule has 0 unspecified atom stereocenters. The summed E-state index contributed by atoms with van der Waals surface area (Å²) in [6.07, 6.45) is 3.73. The zero-order valence-corrected chi connectivity index (χ0v) is 17.7. The fraction of sp³-hybridized carbons (Fsp3) is 0.273. The molecule has 1 N–H and O–H groups in total. The van der Waals surface area contributed by atoms with Crippen LogP contribution in [0.3, 0.4) is 0 Å². The van der Waals surface area contributed by atoms with Crippen molar-refractivity contribution in [1.82, 2.24) is 19.9 Å². The maximum atomic E-state index is 9.64. The molecule has 0 aliphatic heterocycles. The number of nitrogens with zero attached hydrogens (tertiary/aromatic N) is 6. The standard InChI is InChI=1S/C22H28N6O2/c1-7-28(17(3)27(6)22(24-5)16(2)10-9-13-23-4)15-20-25-21(26-30-20)18-11-8-12-19(29)14-18/h8-12,14,29H,2-4,7,13,15H2,1,5-6H3. The molecule has 1 aromatic heterocycles. The fourth-order valence-electron chi connectivity index (χ4n) is 2.82. The van der Waals surface area contributed by atoms with E-state index in [1.807, 2.05) is 42.0 Å². The Labute approximate surface area is 177 Å². The van der Waals surface area contributed by atoms with E-state index in [9.17, 15) is 5.11 Å². The van der Waals surface area contributed by atoms with E-state index in [0.29, 0.717) is 48.6 Å². The maximum Gasteiger partial charge on any atom is 0.246 e. The second-order valence-electron chi connectivity index (χ2n) is 6.43. The third-order valence-corrected chi connectivity index (χ3v) is 4.40. The first-order valence-corrected chi connectivity index (χ1v) is 9.45. The number of benzene rings is 1. The average molecular weight is 409 g/mol. The summed E-state index contributed by atoms with van der Waals surface area (Å²) in [5.41, 5.74) is 1.42. The van der Waals surface area contributed by atoms with E-state index in [1.165, 1.54) is 0 Å². The van der Waals surface area contributed by atoms with Gasteiger partial charge in [0.05, 0.1) is 13.1 Å². The summed E-state index contributed by atoms with van der Waals surface area (Å²) in [4.78, 5) is 16.4. The van der Waals surface area contributed by atoms with Crippen molar-refractivity contribution in [2.45, 2.75) is 13.5 Å². The van der Waals surface area contributed by atoms with E-state index in [1.54, 1.807) is 25.2 Å². The van der Waals surface area contributed by atoms with Gasteiger partial charge in [-0.25, -0.2) is 0 Å². The molecule has 0 saturated carbocycles. The van der Waals surface area contributed by atoms with Crippen LogP contribution >= 0.6 is 0 Å². The summed E-state index contributed by atoms with van der Waals surface area (Å²) >= 11 is 0. The molecule has 8 nitrogen and oxygen atoms in total. The minimum Gasteiger partial charge on any atom is -0.508 e. The number of hydrogen-bond acceptors (Lipinski definition) is 7. The third-order valence-electron chi connectivity index (χ3n) is 4.40. The van der Waals surface area contributed by atoms with E-state index in [-0.39, 0.29) is 5.75 Å². The summed E-state index contributed by atoms with van der Waals surface area (Å²) in [5.74, 6) is 2.40. The summed E-state index contributed by atoms with van der Waals surface area (Å²) < 4.78 is 5.40. The Balaban J connectivity index is 2.12. The minimum atomic E-state index is 0.147. The Hall–Kier alpha value is -3.68. The molecule has 0 amide bonds. The monoisotopic (exact) mass is 408 g/mol. The first-order valence-electron chi connectivity index (χ1n) is 9.45. The molecular weight excluding hydrogens is 380 g/mol. The predicted octanol–water partition coefficient (Wildman–Crippen LogP) is 3.51. The van der Waals surface area contributed by atoms with Crippen LogP contribution in [0, 0.1) is 0 Å². The first kappa shape index (κ1) is 22.6. The van der Waals surface area contributed by atoms with Crippen LogP contribution in [0.25, 0.3) is 11.4 Å². The number of amidine groups is 1. The van der Waals surface area contributed by atoms with Crippen LogP contribution in [0.4, 0.5) is 0 Å². The predicted molar refractivity (Wildman–Crippen MR) is 120 cm³/mol. The summed E-state index contributed by atoms with van der Waals surface area (Å²) in [6.45, 7) is 15.3. The highest BCUT2D eigenvalue weighted by molar-refractivity contribution is 6.00. The van der Waals surface area contributed by atoms with Crippen LogP contribution in [0.5, 0.6) is 5.75 Å². The van der Waals surface area contributed by atoms with Crippen molar-refractivity contribution in [1.29, 1.82) is 0 Å². The van der Waals surface area contributed by atoms with Crippen LogP contribution in [0.15, 0.2) is 75.5 Å². The molecule has 0 spiro atoms. The largest absolute Gasteiger partial charge is 0.508 e. The molecule has 0 radical (unpaired) electrons. The van der Waals surface area contributed by atoms with Crippen molar-refractivity contribution in [2.24, 2.45) is 9.98 Å². The van der Waals surface area contributed by atoms with Crippen molar-refractivity contribution >= 4 is 12.6 Å². The van der Waals surface area contributed by atoms with Gasteiger partial charge >= 0.3 is 0 Å². The van der Waals surface area contributed by atoms with Gasteiger partial charge in [0.1, 0.15) is 17.4 Å². The van der Waals surface area contributed by atoms with E-state index in [2.05, 4.69) is 40.0 Å². The topological polar surface area (TPSA) is 90.4 Å². The Morgan fingerprint density at radius 3 is 2.73 bits per heavy atom. The number of rotatable bonds is 10. The highest BCUT2D eigenvalue weighted by atomic mass is 16.5. The van der Waals surface area contributed by atoms with E-state index in [0.717, 1.165) is 5.57 Å². The number of likely N-dealkylation sites (N-methyl/N-ethyl adjacent to an activating group) is 1. The van der Waals surface area contributed by atoms with Crippen LogP contribution < -0.4 is 0 Å². The lowest BCUT2D eigenvalue weighted by molar-refractivity contribution is 0.246. The average Bonchev–Trinajstić information content (AvgIpc) is 3.21. The highest BCUT2D eigenvalue weighted by Crippen LogP contribution is 2.21. The summed E-state index contributed by atoms with van der Waals surface area (Å²) in [7, 11) is 3.59. The van der Waals surface area contributed by atoms with Gasteiger partial charge < -0.3 is 19.4 Å². The number of phenolic OH excluding ortho intramolecular Hbond substituents is 1. The van der Waals surface area contributed by atoms with Crippen molar-refractivity contribution < 1.29 is 9.63 Å². The normalized spacial score (nSPS) is 11.5. The van der Waals surface area contributed by atoms with Gasteiger partial charge in [0.15, 0.2) is 0 Å². The second-order valence-corrected chi connectivity index (χ2v) is 6.43. The van der Waals surface area contributed by atoms with Crippen LogP contribution in [0.2, 0.25) is 0 Å². The van der Waals surface area contributed by atoms with Gasteiger partial charge in [-0.05, 0) is 25.8 Å². The smallest absolute Gasteiger partial charge is 0.246 e. The van der Waals surface area contributed by atoms with E-state index >= 15 is 0 Å². The van der Waals surface area contributed by atoms with Crippen LogP contribution in [-0.2, 0) is 6.54 Å². The molecule has 0 fully saturated rings. The Morgan fingerprint density at radius 1 is 1.33 bits per heavy atom. The molecule has 2 rings (SSSR count). The van der Waals surface area contributed by atoms with Gasteiger partial charge in [-0.3, -0.25) is 9.98 Å². The van der Waals surface area contributed by atoms with Gasteiger partial charge in [-0.2, -0.15) is 4.98 Å². The summed E-state index contributed by atoms with van der Waals surface area (Å²) in [6, 6.07) is 6.72.